The zero-order valence-corrected chi connectivity index (χ0v) is 10.5. The van der Waals surface area contributed by atoms with Crippen LogP contribution in [-0.2, 0) is 0 Å². The summed E-state index contributed by atoms with van der Waals surface area (Å²) in [5.74, 6) is 1.07. The Balaban J connectivity index is 2.16. The first kappa shape index (κ1) is 12.1. The maximum absolute atomic E-state index is 12.2. The number of benzene rings is 1. The topological polar surface area (TPSA) is 38.3 Å². The van der Waals surface area contributed by atoms with Crippen molar-refractivity contribution in [1.82, 2.24) is 5.32 Å². The van der Waals surface area contributed by atoms with Crippen LogP contribution in [0.4, 0.5) is 0 Å². The van der Waals surface area contributed by atoms with E-state index in [0.29, 0.717) is 6.61 Å². The highest BCUT2D eigenvalue weighted by Gasteiger charge is 2.23. The molecule has 92 valence electrons. The van der Waals surface area contributed by atoms with Crippen molar-refractivity contribution >= 4 is 5.78 Å². The number of rotatable bonds is 4. The molecule has 1 N–H and O–H groups in total. The van der Waals surface area contributed by atoms with Crippen LogP contribution in [0, 0.1) is 6.92 Å². The molecule has 1 aliphatic heterocycles. The number of nitrogens with one attached hydrogen (secondary N) is 1. The number of ether oxygens (including phenoxy) is 1. The molecule has 1 atom stereocenters. The van der Waals surface area contributed by atoms with Gasteiger partial charge in [-0.3, -0.25) is 4.79 Å². The quantitative estimate of drug-likeness (QED) is 0.811. The highest BCUT2D eigenvalue weighted by atomic mass is 16.5. The highest BCUT2D eigenvalue weighted by Crippen LogP contribution is 2.21. The van der Waals surface area contributed by atoms with Gasteiger partial charge in [0.15, 0.2) is 5.78 Å². The number of aryl methyl sites for hydroxylation is 1. The van der Waals surface area contributed by atoms with Crippen LogP contribution in [0.2, 0.25) is 0 Å². The van der Waals surface area contributed by atoms with Crippen LogP contribution < -0.4 is 10.1 Å². The van der Waals surface area contributed by atoms with Gasteiger partial charge in [-0.25, -0.2) is 0 Å². The lowest BCUT2D eigenvalue weighted by Crippen LogP contribution is -2.30. The van der Waals surface area contributed by atoms with Gasteiger partial charge in [-0.15, -0.1) is 0 Å². The summed E-state index contributed by atoms with van der Waals surface area (Å²) in [6.07, 6.45) is 2.04. The van der Waals surface area contributed by atoms with Gasteiger partial charge >= 0.3 is 0 Å². The fourth-order valence-electron chi connectivity index (χ4n) is 2.23. The molecule has 17 heavy (non-hydrogen) atoms. The maximum atomic E-state index is 12.2. The molecule has 1 aromatic carbocycles. The number of Topliss-reactive ketones (excluding diaryl/α,β-unsaturated/α-hetero) is 1. The minimum Gasteiger partial charge on any atom is -0.494 e. The minimum absolute atomic E-state index is 0.00680. The summed E-state index contributed by atoms with van der Waals surface area (Å²) in [5, 5.41) is 3.23. The van der Waals surface area contributed by atoms with Gasteiger partial charge in [0.25, 0.3) is 0 Å². The summed E-state index contributed by atoms with van der Waals surface area (Å²) in [6.45, 7) is 5.54. The maximum Gasteiger partial charge on any atom is 0.179 e. The predicted molar refractivity (Wildman–Crippen MR) is 67.7 cm³/mol. The van der Waals surface area contributed by atoms with Gasteiger partial charge in [0.05, 0.1) is 12.6 Å². The lowest BCUT2D eigenvalue weighted by Gasteiger charge is -2.11. The molecule has 0 bridgehead atoms. The van der Waals surface area contributed by atoms with Crippen LogP contribution >= 0.6 is 0 Å². The summed E-state index contributed by atoms with van der Waals surface area (Å²) in [6, 6.07) is 5.68. The van der Waals surface area contributed by atoms with Crippen LogP contribution in [0.5, 0.6) is 5.75 Å². The number of carbonyl (C=O) groups excluding carboxylic acids is 1. The van der Waals surface area contributed by atoms with Crippen molar-refractivity contribution in [2.45, 2.75) is 32.7 Å². The fourth-order valence-corrected chi connectivity index (χ4v) is 2.23. The van der Waals surface area contributed by atoms with Crippen molar-refractivity contribution < 1.29 is 9.53 Å². The molecule has 1 unspecified atom stereocenters. The Morgan fingerprint density at radius 2 is 2.35 bits per heavy atom. The van der Waals surface area contributed by atoms with Gasteiger partial charge in [-0.05, 0) is 57.0 Å². The molecule has 1 fully saturated rings. The smallest absolute Gasteiger partial charge is 0.179 e. The van der Waals surface area contributed by atoms with Crippen molar-refractivity contribution in [3.63, 3.8) is 0 Å². The van der Waals surface area contributed by atoms with E-state index in [-0.39, 0.29) is 11.8 Å². The Hall–Kier alpha value is -1.35. The second-order valence-electron chi connectivity index (χ2n) is 4.43. The van der Waals surface area contributed by atoms with Gasteiger partial charge in [-0.1, -0.05) is 0 Å². The van der Waals surface area contributed by atoms with Gasteiger partial charge in [0, 0.05) is 5.56 Å². The second kappa shape index (κ2) is 5.32. The molecule has 1 saturated heterocycles. The molecule has 0 amide bonds. The Labute approximate surface area is 102 Å². The summed E-state index contributed by atoms with van der Waals surface area (Å²) >= 11 is 0. The highest BCUT2D eigenvalue weighted by molar-refractivity contribution is 6.00. The third-order valence-corrected chi connectivity index (χ3v) is 3.14. The first-order valence-electron chi connectivity index (χ1n) is 6.23. The van der Waals surface area contributed by atoms with Crippen LogP contribution in [-0.4, -0.2) is 25.0 Å². The first-order valence-corrected chi connectivity index (χ1v) is 6.23. The van der Waals surface area contributed by atoms with Crippen molar-refractivity contribution in [1.29, 1.82) is 0 Å². The molecule has 2 rings (SSSR count). The Kier molecular flexibility index (Phi) is 3.79. The van der Waals surface area contributed by atoms with E-state index < -0.39 is 0 Å². The Morgan fingerprint density at radius 1 is 1.53 bits per heavy atom. The number of hydrogen-bond acceptors (Lipinski definition) is 3. The summed E-state index contributed by atoms with van der Waals surface area (Å²) in [5.41, 5.74) is 1.81. The summed E-state index contributed by atoms with van der Waals surface area (Å²) in [4.78, 5) is 12.2. The second-order valence-corrected chi connectivity index (χ2v) is 4.43. The van der Waals surface area contributed by atoms with Gasteiger partial charge in [0.2, 0.25) is 0 Å². The van der Waals surface area contributed by atoms with E-state index in [2.05, 4.69) is 5.32 Å². The van der Waals surface area contributed by atoms with Crippen LogP contribution in [0.1, 0.15) is 35.7 Å². The molecular weight excluding hydrogens is 214 g/mol. The van der Waals surface area contributed by atoms with E-state index in [9.17, 15) is 4.79 Å². The van der Waals surface area contributed by atoms with Crippen molar-refractivity contribution in [2.24, 2.45) is 0 Å². The SMILES string of the molecule is CCOc1ccc(C(=O)C2CCCN2)cc1C. The Morgan fingerprint density at radius 3 is 2.94 bits per heavy atom. The van der Waals surface area contributed by atoms with Crippen molar-refractivity contribution in [2.75, 3.05) is 13.2 Å². The molecule has 1 aromatic rings. The average Bonchev–Trinajstić information content (AvgIpc) is 2.84. The molecule has 1 heterocycles. The Bertz CT molecular complexity index is 409. The molecule has 0 radical (unpaired) electrons. The third-order valence-electron chi connectivity index (χ3n) is 3.14. The first-order chi connectivity index (χ1) is 8.22. The van der Waals surface area contributed by atoms with E-state index in [1.807, 2.05) is 32.0 Å². The molecule has 0 saturated carbocycles. The lowest BCUT2D eigenvalue weighted by atomic mass is 10.0. The van der Waals surface area contributed by atoms with E-state index in [4.69, 9.17) is 4.74 Å². The minimum atomic E-state index is 0.00680. The molecular formula is C14H19NO2. The zero-order valence-electron chi connectivity index (χ0n) is 10.5. The van der Waals surface area contributed by atoms with Crippen molar-refractivity contribution in [3.05, 3.63) is 29.3 Å². The normalized spacial score (nSPS) is 19.3. The third kappa shape index (κ3) is 2.67. The standard InChI is InChI=1S/C14H19NO2/c1-3-17-13-7-6-11(9-10(13)2)14(16)12-5-4-8-15-12/h6-7,9,12,15H,3-5,8H2,1-2H3. The monoisotopic (exact) mass is 233 g/mol. The average molecular weight is 233 g/mol. The molecule has 3 nitrogen and oxygen atoms in total. The van der Waals surface area contributed by atoms with Crippen LogP contribution in [0.3, 0.4) is 0 Å². The molecule has 0 aliphatic carbocycles. The lowest BCUT2D eigenvalue weighted by molar-refractivity contribution is 0.0952. The van der Waals surface area contributed by atoms with Gasteiger partial charge < -0.3 is 10.1 Å². The van der Waals surface area contributed by atoms with Crippen LogP contribution in [0.15, 0.2) is 18.2 Å². The van der Waals surface area contributed by atoms with E-state index in [1.54, 1.807) is 0 Å². The van der Waals surface area contributed by atoms with E-state index >= 15 is 0 Å². The molecule has 0 spiro atoms. The van der Waals surface area contributed by atoms with Gasteiger partial charge in [-0.2, -0.15) is 0 Å². The van der Waals surface area contributed by atoms with Crippen molar-refractivity contribution in [3.8, 4) is 5.75 Å². The van der Waals surface area contributed by atoms with E-state index in [0.717, 1.165) is 36.3 Å². The molecule has 3 heteroatoms. The number of hydrogen-bond donors (Lipinski definition) is 1. The fraction of sp³-hybridized carbons (Fsp3) is 0.500. The summed E-state index contributed by atoms with van der Waals surface area (Å²) < 4.78 is 5.47. The molecule has 1 aliphatic rings. The van der Waals surface area contributed by atoms with Gasteiger partial charge in [0.1, 0.15) is 5.75 Å². The molecule has 0 aromatic heterocycles. The van der Waals surface area contributed by atoms with E-state index in [1.165, 1.54) is 0 Å². The predicted octanol–water partition coefficient (Wildman–Crippen LogP) is 2.33. The zero-order chi connectivity index (χ0) is 12.3. The summed E-state index contributed by atoms with van der Waals surface area (Å²) in [7, 11) is 0. The number of carbonyl (C=O) groups is 1. The largest absolute Gasteiger partial charge is 0.494 e. The van der Waals surface area contributed by atoms with Crippen LogP contribution in [0.25, 0.3) is 0 Å². The number of ketones is 1.